The van der Waals surface area contributed by atoms with Crippen LogP contribution < -0.4 is 5.32 Å². The molecule has 1 aromatic carbocycles. The molecule has 0 radical (unpaired) electrons. The van der Waals surface area contributed by atoms with Gasteiger partial charge in [-0.1, -0.05) is 0 Å². The van der Waals surface area contributed by atoms with Crippen LogP contribution in [0.1, 0.15) is 30.7 Å². The van der Waals surface area contributed by atoms with Crippen molar-refractivity contribution in [1.82, 2.24) is 14.5 Å². The summed E-state index contributed by atoms with van der Waals surface area (Å²) in [6, 6.07) is 3.85. The van der Waals surface area contributed by atoms with Gasteiger partial charge in [-0.25, -0.2) is 12.8 Å². The van der Waals surface area contributed by atoms with Crippen molar-refractivity contribution < 1.29 is 12.8 Å². The molecule has 2 N–H and O–H groups in total. The van der Waals surface area contributed by atoms with Gasteiger partial charge in [0.25, 0.3) is 0 Å². The summed E-state index contributed by atoms with van der Waals surface area (Å²) in [5.74, 6) is 0.0675. The summed E-state index contributed by atoms with van der Waals surface area (Å²) < 4.78 is 41.1. The van der Waals surface area contributed by atoms with Gasteiger partial charge in [0.2, 0.25) is 10.0 Å². The summed E-state index contributed by atoms with van der Waals surface area (Å²) in [5.41, 5.74) is 1.33. The lowest BCUT2D eigenvalue weighted by atomic mass is 10.0. The first kappa shape index (κ1) is 15.9. The molecule has 0 amide bonds. The average molecular weight is 338 g/mol. The third-order valence-electron chi connectivity index (χ3n) is 4.24. The number of hydrogen-bond donors (Lipinski definition) is 2. The SMILES string of the molecule is CNc1n[nH]c2c1CN(S(=O)(=O)c1cc(C)cc(F)c1)C2(C)C. The Bertz CT molecular complexity index is 853. The molecule has 0 saturated carbocycles. The van der Waals surface area contributed by atoms with Crippen molar-refractivity contribution in [3.63, 3.8) is 0 Å². The van der Waals surface area contributed by atoms with E-state index in [1.165, 1.54) is 16.4 Å². The van der Waals surface area contributed by atoms with Crippen LogP contribution in [-0.2, 0) is 22.1 Å². The number of hydrogen-bond acceptors (Lipinski definition) is 4. The Morgan fingerprint density at radius 1 is 1.35 bits per heavy atom. The van der Waals surface area contributed by atoms with Crippen LogP contribution >= 0.6 is 0 Å². The molecule has 2 aromatic rings. The Hall–Kier alpha value is -1.93. The number of halogens is 1. The van der Waals surface area contributed by atoms with Gasteiger partial charge < -0.3 is 5.32 Å². The molecule has 3 rings (SSSR count). The fourth-order valence-electron chi connectivity index (χ4n) is 3.06. The zero-order valence-corrected chi connectivity index (χ0v) is 14.3. The standard InChI is InChI=1S/C15H19FN4O2S/c1-9-5-10(16)7-11(6-9)23(21,22)20-8-12-13(15(20,2)3)18-19-14(12)17-4/h5-7H,8H2,1-4H3,(H2,17,18,19). The molecule has 0 atom stereocenters. The summed E-state index contributed by atoms with van der Waals surface area (Å²) in [4.78, 5) is -0.0350. The van der Waals surface area contributed by atoms with Gasteiger partial charge in [0, 0.05) is 19.2 Å². The molecule has 0 bridgehead atoms. The van der Waals surface area contributed by atoms with E-state index in [1.54, 1.807) is 27.8 Å². The maximum Gasteiger partial charge on any atom is 0.244 e. The highest BCUT2D eigenvalue weighted by Gasteiger charge is 2.47. The lowest BCUT2D eigenvalue weighted by molar-refractivity contribution is 0.248. The molecule has 1 aliphatic rings. The quantitative estimate of drug-likeness (QED) is 0.900. The van der Waals surface area contributed by atoms with Crippen molar-refractivity contribution >= 4 is 15.8 Å². The number of rotatable bonds is 3. The van der Waals surface area contributed by atoms with E-state index in [-0.39, 0.29) is 11.4 Å². The van der Waals surface area contributed by atoms with Crippen molar-refractivity contribution in [2.75, 3.05) is 12.4 Å². The Morgan fingerprint density at radius 2 is 2.04 bits per heavy atom. The number of H-pyrrole nitrogens is 1. The molecule has 2 heterocycles. The predicted molar refractivity (Wildman–Crippen MR) is 85.0 cm³/mol. The number of fused-ring (bicyclic) bond motifs is 1. The fourth-order valence-corrected chi connectivity index (χ4v) is 4.90. The summed E-state index contributed by atoms with van der Waals surface area (Å²) in [6.07, 6.45) is 0. The second-order valence-corrected chi connectivity index (χ2v) is 8.07. The maximum absolute atomic E-state index is 13.7. The smallest absolute Gasteiger partial charge is 0.244 e. The molecule has 0 aliphatic carbocycles. The number of aromatic nitrogens is 2. The van der Waals surface area contributed by atoms with Crippen LogP contribution in [0.4, 0.5) is 10.2 Å². The van der Waals surface area contributed by atoms with Crippen LogP contribution in [0.2, 0.25) is 0 Å². The molecule has 0 fully saturated rings. The Morgan fingerprint density at radius 3 is 2.65 bits per heavy atom. The summed E-state index contributed by atoms with van der Waals surface area (Å²) in [5, 5.41) is 10.0. The average Bonchev–Trinajstić information content (AvgIpc) is 2.96. The normalized spacial score (nSPS) is 17.3. The number of nitrogens with one attached hydrogen (secondary N) is 2. The van der Waals surface area contributed by atoms with Crippen LogP contribution in [0, 0.1) is 12.7 Å². The van der Waals surface area contributed by atoms with E-state index in [1.807, 2.05) is 0 Å². The van der Waals surface area contributed by atoms with E-state index in [0.29, 0.717) is 11.4 Å². The van der Waals surface area contributed by atoms with Crippen molar-refractivity contribution in [1.29, 1.82) is 0 Å². The first-order valence-corrected chi connectivity index (χ1v) is 8.67. The van der Waals surface area contributed by atoms with E-state index in [4.69, 9.17) is 0 Å². The minimum absolute atomic E-state index is 0.0350. The minimum atomic E-state index is -3.84. The van der Waals surface area contributed by atoms with E-state index in [9.17, 15) is 12.8 Å². The Kier molecular flexibility index (Phi) is 3.49. The zero-order valence-electron chi connectivity index (χ0n) is 13.4. The number of aryl methyl sites for hydroxylation is 1. The largest absolute Gasteiger partial charge is 0.371 e. The monoisotopic (exact) mass is 338 g/mol. The van der Waals surface area contributed by atoms with Gasteiger partial charge >= 0.3 is 0 Å². The molecule has 1 aromatic heterocycles. The molecule has 0 unspecified atom stereocenters. The Labute approximate surface area is 134 Å². The lowest BCUT2D eigenvalue weighted by Crippen LogP contribution is -2.40. The highest BCUT2D eigenvalue weighted by molar-refractivity contribution is 7.89. The molecule has 8 heteroatoms. The lowest BCUT2D eigenvalue weighted by Gasteiger charge is -2.30. The van der Waals surface area contributed by atoms with E-state index in [0.717, 1.165) is 17.3 Å². The first-order valence-electron chi connectivity index (χ1n) is 7.23. The number of benzene rings is 1. The second-order valence-electron chi connectivity index (χ2n) is 6.21. The van der Waals surface area contributed by atoms with Gasteiger partial charge in [0.05, 0.1) is 16.1 Å². The van der Waals surface area contributed by atoms with Gasteiger partial charge in [-0.2, -0.15) is 9.40 Å². The van der Waals surface area contributed by atoms with Gasteiger partial charge in [0.1, 0.15) is 5.82 Å². The summed E-state index contributed by atoms with van der Waals surface area (Å²) in [6.45, 7) is 5.47. The highest BCUT2D eigenvalue weighted by Crippen LogP contribution is 2.43. The minimum Gasteiger partial charge on any atom is -0.371 e. The zero-order chi connectivity index (χ0) is 17.0. The fraction of sp³-hybridized carbons (Fsp3) is 0.400. The third-order valence-corrected chi connectivity index (χ3v) is 6.24. The van der Waals surface area contributed by atoms with Gasteiger partial charge in [-0.15, -0.1) is 0 Å². The van der Waals surface area contributed by atoms with Crippen molar-refractivity contribution in [2.45, 2.75) is 37.8 Å². The molecule has 23 heavy (non-hydrogen) atoms. The van der Waals surface area contributed by atoms with Crippen LogP contribution in [0.5, 0.6) is 0 Å². The van der Waals surface area contributed by atoms with Crippen LogP contribution in [0.25, 0.3) is 0 Å². The molecular weight excluding hydrogens is 319 g/mol. The van der Waals surface area contributed by atoms with Crippen molar-refractivity contribution in [3.8, 4) is 0 Å². The van der Waals surface area contributed by atoms with Gasteiger partial charge in [-0.05, 0) is 44.5 Å². The third kappa shape index (κ3) is 2.33. The molecule has 6 nitrogen and oxygen atoms in total. The van der Waals surface area contributed by atoms with Crippen LogP contribution in [0.3, 0.4) is 0 Å². The van der Waals surface area contributed by atoms with Gasteiger partial charge in [-0.3, -0.25) is 5.10 Å². The van der Waals surface area contributed by atoms with Crippen molar-refractivity contribution in [2.24, 2.45) is 0 Å². The number of anilines is 1. The first-order chi connectivity index (χ1) is 10.7. The number of aromatic amines is 1. The Balaban J connectivity index is 2.10. The molecular formula is C15H19FN4O2S. The van der Waals surface area contributed by atoms with E-state index in [2.05, 4.69) is 15.5 Å². The number of sulfonamides is 1. The van der Waals surface area contributed by atoms with Crippen LogP contribution in [0.15, 0.2) is 23.1 Å². The maximum atomic E-state index is 13.7. The van der Waals surface area contributed by atoms with Gasteiger partial charge in [0.15, 0.2) is 5.82 Å². The molecule has 0 saturated heterocycles. The summed E-state index contributed by atoms with van der Waals surface area (Å²) >= 11 is 0. The molecule has 1 aliphatic heterocycles. The van der Waals surface area contributed by atoms with E-state index < -0.39 is 21.4 Å². The van der Waals surface area contributed by atoms with Crippen molar-refractivity contribution in [3.05, 3.63) is 40.8 Å². The predicted octanol–water partition coefficient (Wildman–Crippen LogP) is 2.34. The number of nitrogens with zero attached hydrogens (tertiary/aromatic N) is 2. The van der Waals surface area contributed by atoms with Crippen LogP contribution in [-0.4, -0.2) is 30.0 Å². The topological polar surface area (TPSA) is 78.1 Å². The molecule has 0 spiro atoms. The summed E-state index contributed by atoms with van der Waals surface area (Å²) in [7, 11) is -2.10. The highest BCUT2D eigenvalue weighted by atomic mass is 32.2. The molecule has 124 valence electrons. The van der Waals surface area contributed by atoms with E-state index >= 15 is 0 Å². The second kappa shape index (κ2) is 5.04.